The van der Waals surface area contributed by atoms with Gasteiger partial charge in [0.2, 0.25) is 12.2 Å². The van der Waals surface area contributed by atoms with E-state index in [-0.39, 0.29) is 12.4 Å². The number of nitrogens with zero attached hydrogens (tertiary/aromatic N) is 2. The molecule has 0 spiro atoms. The summed E-state index contributed by atoms with van der Waals surface area (Å²) in [5.74, 6) is 0.173. The Hall–Kier alpha value is -3.05. The molecule has 1 unspecified atom stereocenters. The van der Waals surface area contributed by atoms with Crippen LogP contribution in [0.25, 0.3) is 5.88 Å². The van der Waals surface area contributed by atoms with Crippen LogP contribution in [0.4, 0.5) is 10.1 Å². The third-order valence-electron chi connectivity index (χ3n) is 4.14. The Kier molecular flexibility index (Phi) is 4.94. The van der Waals surface area contributed by atoms with Crippen LogP contribution in [-0.4, -0.2) is 10.7 Å². The topological polar surface area (TPSA) is 36.9 Å². The van der Waals surface area contributed by atoms with E-state index < -0.39 is 6.29 Å². The zero-order valence-electron chi connectivity index (χ0n) is 14.3. The lowest BCUT2D eigenvalue weighted by Crippen LogP contribution is -2.45. The standard InChI is InChI=1S/C21H17ClFN3O/c22-26-20(27-14-15-7-6-8-16(23)13-15)18-11-4-5-12-19(18)25-21(26)24-17-9-2-1-3-10-17/h1-13,21,24H,14H2. The predicted molar refractivity (Wildman–Crippen MR) is 103 cm³/mol. The number of hydrogen-bond acceptors (Lipinski definition) is 4. The summed E-state index contributed by atoms with van der Waals surface area (Å²) < 4.78 is 20.8. The van der Waals surface area contributed by atoms with Crippen LogP contribution < -0.4 is 15.9 Å². The van der Waals surface area contributed by atoms with Crippen LogP contribution in [0.3, 0.4) is 0 Å². The van der Waals surface area contributed by atoms with Crippen molar-refractivity contribution in [2.24, 2.45) is 4.99 Å². The molecule has 1 atom stereocenters. The highest BCUT2D eigenvalue weighted by molar-refractivity contribution is 6.16. The van der Waals surface area contributed by atoms with Gasteiger partial charge in [-0.3, -0.25) is 0 Å². The van der Waals surface area contributed by atoms with E-state index in [1.54, 1.807) is 12.1 Å². The fraction of sp³-hybridized carbons (Fsp3) is 0.0952. The smallest absolute Gasteiger partial charge is 0.217 e. The van der Waals surface area contributed by atoms with Gasteiger partial charge in [-0.25, -0.2) is 13.8 Å². The number of halogens is 2. The third-order valence-corrected chi connectivity index (χ3v) is 4.48. The zero-order chi connectivity index (χ0) is 18.6. The monoisotopic (exact) mass is 381 g/mol. The summed E-state index contributed by atoms with van der Waals surface area (Å²) in [5, 5.41) is 4.84. The van der Waals surface area contributed by atoms with E-state index in [4.69, 9.17) is 16.5 Å². The fourth-order valence-corrected chi connectivity index (χ4v) is 3.10. The van der Waals surface area contributed by atoms with E-state index in [1.807, 2.05) is 54.6 Å². The average Bonchev–Trinajstić information content (AvgIpc) is 2.69. The van der Waals surface area contributed by atoms with Crippen LogP contribution in [-0.2, 0) is 11.3 Å². The Morgan fingerprint density at radius 2 is 1.78 bits per heavy atom. The maximum Gasteiger partial charge on any atom is 0.217 e. The average molecular weight is 382 g/mol. The van der Waals surface area contributed by atoms with Gasteiger partial charge >= 0.3 is 0 Å². The van der Waals surface area contributed by atoms with Crippen molar-refractivity contribution in [1.29, 1.82) is 0 Å². The van der Waals surface area contributed by atoms with Gasteiger partial charge in [0.05, 0.1) is 10.6 Å². The fourth-order valence-electron chi connectivity index (χ4n) is 2.87. The van der Waals surface area contributed by atoms with Crippen LogP contribution >= 0.6 is 11.8 Å². The molecular formula is C21H17ClFN3O. The van der Waals surface area contributed by atoms with E-state index >= 15 is 0 Å². The molecule has 0 saturated heterocycles. The van der Waals surface area contributed by atoms with Crippen molar-refractivity contribution in [3.63, 3.8) is 0 Å². The number of anilines is 1. The van der Waals surface area contributed by atoms with Gasteiger partial charge in [-0.2, -0.15) is 0 Å². The zero-order valence-corrected chi connectivity index (χ0v) is 15.1. The third kappa shape index (κ3) is 3.88. The number of ether oxygens (including phenoxy) is 1. The van der Waals surface area contributed by atoms with E-state index in [0.717, 1.165) is 21.8 Å². The van der Waals surface area contributed by atoms with Crippen LogP contribution in [0.1, 0.15) is 5.56 Å². The summed E-state index contributed by atoms with van der Waals surface area (Å²) in [4.78, 5) is 4.66. The maximum absolute atomic E-state index is 13.4. The summed E-state index contributed by atoms with van der Waals surface area (Å²) in [6.45, 7) is 0.197. The summed E-state index contributed by atoms with van der Waals surface area (Å²) in [6, 6.07) is 23.6. The molecular weight excluding hydrogens is 365 g/mol. The lowest BCUT2D eigenvalue weighted by Gasteiger charge is -2.29. The van der Waals surface area contributed by atoms with Gasteiger partial charge in [0, 0.05) is 17.5 Å². The predicted octanol–water partition coefficient (Wildman–Crippen LogP) is 3.59. The molecule has 1 aliphatic rings. The molecule has 0 aliphatic carbocycles. The van der Waals surface area contributed by atoms with E-state index in [9.17, 15) is 4.39 Å². The molecule has 1 N–H and O–H groups in total. The van der Waals surface area contributed by atoms with Crippen molar-refractivity contribution in [3.8, 4) is 0 Å². The van der Waals surface area contributed by atoms with E-state index in [0.29, 0.717) is 5.88 Å². The summed E-state index contributed by atoms with van der Waals surface area (Å²) in [7, 11) is 0. The molecule has 3 aromatic carbocycles. The number of benzene rings is 3. The largest absolute Gasteiger partial charge is 0.473 e. The molecule has 0 saturated carbocycles. The molecule has 1 aliphatic heterocycles. The number of rotatable bonds is 5. The lowest BCUT2D eigenvalue weighted by molar-refractivity contribution is 0.198. The van der Waals surface area contributed by atoms with Gasteiger partial charge < -0.3 is 10.1 Å². The first-order chi connectivity index (χ1) is 13.2. The van der Waals surface area contributed by atoms with E-state index in [1.165, 1.54) is 16.6 Å². The molecule has 0 radical (unpaired) electrons. The quantitative estimate of drug-likeness (QED) is 0.686. The molecule has 27 heavy (non-hydrogen) atoms. The molecule has 4 rings (SSSR count). The highest BCUT2D eigenvalue weighted by Crippen LogP contribution is 2.21. The second kappa shape index (κ2) is 7.68. The van der Waals surface area contributed by atoms with Crippen molar-refractivity contribution >= 4 is 23.3 Å². The van der Waals surface area contributed by atoms with Gasteiger partial charge in [-0.05, 0) is 42.0 Å². The highest BCUT2D eigenvalue weighted by Gasteiger charge is 2.24. The molecule has 0 bridgehead atoms. The van der Waals surface area contributed by atoms with Crippen LogP contribution in [0.2, 0.25) is 0 Å². The Morgan fingerprint density at radius 1 is 1.00 bits per heavy atom. The van der Waals surface area contributed by atoms with Gasteiger partial charge in [0.25, 0.3) is 0 Å². The van der Waals surface area contributed by atoms with Crippen molar-refractivity contribution in [3.05, 3.63) is 101 Å². The molecule has 1 heterocycles. The minimum atomic E-state index is -0.536. The lowest BCUT2D eigenvalue weighted by atomic mass is 10.2. The van der Waals surface area contributed by atoms with Crippen molar-refractivity contribution in [2.75, 3.05) is 5.32 Å². The number of nitrogens with one attached hydrogen (secondary N) is 1. The van der Waals surface area contributed by atoms with Gasteiger partial charge in [-0.15, -0.1) is 0 Å². The van der Waals surface area contributed by atoms with Crippen LogP contribution in [0.5, 0.6) is 0 Å². The van der Waals surface area contributed by atoms with Crippen molar-refractivity contribution in [2.45, 2.75) is 12.9 Å². The second-order valence-corrected chi connectivity index (χ2v) is 6.43. The highest BCUT2D eigenvalue weighted by atomic mass is 35.5. The minimum absolute atomic E-state index is 0.197. The Labute approximate surface area is 161 Å². The number of hydrogen-bond donors (Lipinski definition) is 1. The van der Waals surface area contributed by atoms with Crippen molar-refractivity contribution < 1.29 is 9.13 Å². The normalized spacial score (nSPS) is 15.7. The van der Waals surface area contributed by atoms with Crippen LogP contribution in [0, 0.1) is 5.82 Å². The van der Waals surface area contributed by atoms with E-state index in [2.05, 4.69) is 10.3 Å². The minimum Gasteiger partial charge on any atom is -0.473 e. The first-order valence-electron chi connectivity index (χ1n) is 8.52. The number of fused-ring (bicyclic) bond motifs is 1. The van der Waals surface area contributed by atoms with Gasteiger partial charge in [-0.1, -0.05) is 42.5 Å². The summed E-state index contributed by atoms with van der Waals surface area (Å²) in [5.41, 5.74) is 1.61. The van der Waals surface area contributed by atoms with Gasteiger partial charge in [0.1, 0.15) is 12.4 Å². The Balaban J connectivity index is 1.65. The Morgan fingerprint density at radius 3 is 2.59 bits per heavy atom. The van der Waals surface area contributed by atoms with Crippen LogP contribution in [0.15, 0.2) is 83.9 Å². The SMILES string of the molecule is Fc1cccc(COC2=c3ccccc3=NC(Nc3ccccc3)N2Cl)c1. The molecule has 0 fully saturated rings. The summed E-state index contributed by atoms with van der Waals surface area (Å²) in [6.07, 6.45) is -0.536. The molecule has 0 amide bonds. The molecule has 4 nitrogen and oxygen atoms in total. The number of para-hydroxylation sites is 2. The molecule has 3 aromatic rings. The molecule has 6 heteroatoms. The molecule has 136 valence electrons. The second-order valence-electron chi connectivity index (χ2n) is 6.07. The Bertz CT molecular complexity index is 1060. The molecule has 0 aromatic heterocycles. The van der Waals surface area contributed by atoms with Crippen molar-refractivity contribution in [1.82, 2.24) is 4.42 Å². The first kappa shape index (κ1) is 17.4. The maximum atomic E-state index is 13.4. The van der Waals surface area contributed by atoms with Gasteiger partial charge in [0.15, 0.2) is 0 Å². The summed E-state index contributed by atoms with van der Waals surface area (Å²) >= 11 is 6.56. The first-order valence-corrected chi connectivity index (χ1v) is 8.85.